The Morgan fingerprint density at radius 3 is 1.58 bits per heavy atom. The van der Waals surface area contributed by atoms with Crippen molar-refractivity contribution < 1.29 is 73.8 Å². The average Bonchev–Trinajstić information content (AvgIpc) is 3.31. The molecule has 15 heteroatoms. The van der Waals surface area contributed by atoms with E-state index in [0.29, 0.717) is 12.8 Å². The summed E-state index contributed by atoms with van der Waals surface area (Å²) in [6.45, 7) is 2.39. The highest BCUT2D eigenvalue weighted by Gasteiger charge is 2.47. The third kappa shape index (κ3) is 26.1. The molecule has 380 valence electrons. The molecule has 0 aromatic heterocycles. The molecule has 0 aliphatic carbocycles. The van der Waals surface area contributed by atoms with Crippen molar-refractivity contribution in [3.8, 4) is 0 Å². The van der Waals surface area contributed by atoms with Gasteiger partial charge < -0.3 is 64.2 Å². The monoisotopic (exact) mass is 939 g/mol. The molecule has 0 aromatic carbocycles. The van der Waals surface area contributed by atoms with Crippen molar-refractivity contribution in [2.45, 2.75) is 223 Å². The van der Waals surface area contributed by atoms with Crippen LogP contribution in [0.2, 0.25) is 0 Å². The highest BCUT2D eigenvalue weighted by Crippen LogP contribution is 2.26. The molecule has 0 aromatic rings. The Bertz CT molecular complexity index is 1380. The molecule has 0 amide bonds. The largest absolute Gasteiger partial charge is 0.462 e. The lowest BCUT2D eigenvalue weighted by Crippen LogP contribution is -2.61. The molecule has 0 saturated carbocycles. The van der Waals surface area contributed by atoms with Gasteiger partial charge in [-0.15, -0.1) is 0 Å². The molecular formula is C51H86O15. The minimum absolute atomic E-state index is 0.127. The van der Waals surface area contributed by atoms with Crippen LogP contribution in [0.15, 0.2) is 60.8 Å². The summed E-state index contributed by atoms with van der Waals surface area (Å²) in [6, 6.07) is 0. The van der Waals surface area contributed by atoms with Gasteiger partial charge in [0, 0.05) is 12.8 Å². The standard InChI is InChI=1S/C51H86O15/c1-3-5-7-9-11-13-15-17-19-21-23-25-27-29-31-33-42(53)61-36-39(64-43(54)34-32-30-28-26-24-22-20-18-16-14-12-10-8-6-4-2)37-62-50-49(60)47(58)45(56)41(66-50)38-63-51-48(59)46(57)44(55)40(35-52)65-51/h5,7,9,11,13,15,17,19,24,26,39-41,44-52,55-60H,3-4,6,8,10,12,14,16,18,20-23,25,27-38H2,1-2H3/b7-5+,11-9+,15-13+,19-17+,26-24+/t39-,40-,41-,44+,45+,46?,47?,48?,49?,50-,51-/m1/s1. The van der Waals surface area contributed by atoms with Gasteiger partial charge in [0.15, 0.2) is 18.7 Å². The summed E-state index contributed by atoms with van der Waals surface area (Å²) in [5.41, 5.74) is 0. The van der Waals surface area contributed by atoms with Gasteiger partial charge in [-0.3, -0.25) is 9.59 Å². The minimum Gasteiger partial charge on any atom is -0.462 e. The van der Waals surface area contributed by atoms with Gasteiger partial charge in [-0.25, -0.2) is 0 Å². The lowest BCUT2D eigenvalue weighted by Gasteiger charge is -2.42. The van der Waals surface area contributed by atoms with Crippen molar-refractivity contribution in [3.63, 3.8) is 0 Å². The number of unbranched alkanes of at least 4 members (excludes halogenated alkanes) is 16. The highest BCUT2D eigenvalue weighted by molar-refractivity contribution is 5.70. The van der Waals surface area contributed by atoms with Gasteiger partial charge in [0.05, 0.1) is 19.8 Å². The number of hydrogen-bond donors (Lipinski definition) is 7. The molecule has 2 saturated heterocycles. The van der Waals surface area contributed by atoms with Crippen molar-refractivity contribution in [3.05, 3.63) is 60.8 Å². The molecule has 0 radical (unpaired) electrons. The molecule has 2 aliphatic rings. The number of rotatable bonds is 37. The first-order valence-corrected chi connectivity index (χ1v) is 24.9. The van der Waals surface area contributed by atoms with Gasteiger partial charge in [0.2, 0.25) is 0 Å². The van der Waals surface area contributed by atoms with E-state index in [1.807, 2.05) is 36.5 Å². The van der Waals surface area contributed by atoms with Gasteiger partial charge in [-0.2, -0.15) is 0 Å². The zero-order valence-corrected chi connectivity index (χ0v) is 39.9. The number of carbonyl (C=O) groups excluding carboxylic acids is 2. The molecule has 4 unspecified atom stereocenters. The maximum atomic E-state index is 13.0. The van der Waals surface area contributed by atoms with Crippen LogP contribution in [0, 0.1) is 0 Å². The maximum Gasteiger partial charge on any atom is 0.306 e. The minimum atomic E-state index is -1.77. The van der Waals surface area contributed by atoms with E-state index in [4.69, 9.17) is 28.4 Å². The van der Waals surface area contributed by atoms with Crippen LogP contribution in [0.5, 0.6) is 0 Å². The van der Waals surface area contributed by atoms with E-state index in [0.717, 1.165) is 57.8 Å². The molecule has 2 fully saturated rings. The van der Waals surface area contributed by atoms with Crippen molar-refractivity contribution in [1.82, 2.24) is 0 Å². The predicted molar refractivity (Wildman–Crippen MR) is 252 cm³/mol. The first-order valence-electron chi connectivity index (χ1n) is 24.9. The SMILES string of the molecule is CC/C=C/C=C/C=C/C=C/CCCCCCCC(=O)OC[C@H](CO[C@@H]1O[C@H](CO[C@@H]2O[C@H](CO)[C@H](O)C(O)C2O)[C@H](O)C(O)C1O)OC(=O)CCCC/C=C/CCCCCCCCCCC. The van der Waals surface area contributed by atoms with Crippen LogP contribution in [0.4, 0.5) is 0 Å². The fourth-order valence-corrected chi connectivity index (χ4v) is 7.46. The summed E-state index contributed by atoms with van der Waals surface area (Å²) in [4.78, 5) is 25.7. The number of aliphatic hydroxyl groups is 7. The Balaban J connectivity index is 1.85. The van der Waals surface area contributed by atoms with E-state index in [1.54, 1.807) is 0 Å². The van der Waals surface area contributed by atoms with Crippen LogP contribution in [0.1, 0.15) is 155 Å². The van der Waals surface area contributed by atoms with Crippen molar-refractivity contribution in [2.75, 3.05) is 26.4 Å². The predicted octanol–water partition coefficient (Wildman–Crippen LogP) is 6.49. The molecule has 7 N–H and O–H groups in total. The van der Waals surface area contributed by atoms with Crippen LogP contribution in [-0.2, 0) is 38.0 Å². The molecule has 0 bridgehead atoms. The Kier molecular flexibility index (Phi) is 34.2. The highest BCUT2D eigenvalue weighted by atomic mass is 16.7. The second-order valence-electron chi connectivity index (χ2n) is 17.3. The lowest BCUT2D eigenvalue weighted by molar-refractivity contribution is -0.332. The lowest BCUT2D eigenvalue weighted by atomic mass is 9.98. The van der Waals surface area contributed by atoms with E-state index in [1.165, 1.54) is 57.8 Å². The zero-order chi connectivity index (χ0) is 48.2. The number of allylic oxidation sites excluding steroid dienone is 10. The summed E-state index contributed by atoms with van der Waals surface area (Å²) in [5, 5.41) is 72.0. The molecule has 11 atom stereocenters. The van der Waals surface area contributed by atoms with E-state index >= 15 is 0 Å². The summed E-state index contributed by atoms with van der Waals surface area (Å²) < 4.78 is 33.5. The summed E-state index contributed by atoms with van der Waals surface area (Å²) in [7, 11) is 0. The Hall–Kier alpha value is -2.80. The fraction of sp³-hybridized carbons (Fsp3) is 0.765. The van der Waals surface area contributed by atoms with E-state index < -0.39 is 99.3 Å². The molecule has 0 spiro atoms. The third-order valence-corrected chi connectivity index (χ3v) is 11.6. The quantitative estimate of drug-likeness (QED) is 0.0153. The summed E-state index contributed by atoms with van der Waals surface area (Å²) in [6.07, 6.45) is 25.4. The topological polar surface area (TPSA) is 231 Å². The van der Waals surface area contributed by atoms with Crippen LogP contribution in [0.25, 0.3) is 0 Å². The zero-order valence-electron chi connectivity index (χ0n) is 39.9. The Morgan fingerprint density at radius 2 is 0.970 bits per heavy atom. The molecule has 2 rings (SSSR count). The van der Waals surface area contributed by atoms with E-state index in [-0.39, 0.29) is 19.4 Å². The fourth-order valence-electron chi connectivity index (χ4n) is 7.46. The number of esters is 2. The van der Waals surface area contributed by atoms with Crippen LogP contribution < -0.4 is 0 Å². The van der Waals surface area contributed by atoms with Gasteiger partial charge in [-0.1, -0.05) is 145 Å². The van der Waals surface area contributed by atoms with Crippen molar-refractivity contribution >= 4 is 11.9 Å². The first kappa shape index (κ1) is 59.3. The van der Waals surface area contributed by atoms with Crippen molar-refractivity contribution in [2.24, 2.45) is 0 Å². The smallest absolute Gasteiger partial charge is 0.306 e. The number of carbonyl (C=O) groups is 2. The second-order valence-corrected chi connectivity index (χ2v) is 17.3. The number of aliphatic hydroxyl groups excluding tert-OH is 7. The van der Waals surface area contributed by atoms with Gasteiger partial charge in [0.1, 0.15) is 55.4 Å². The second kappa shape index (κ2) is 38.1. The van der Waals surface area contributed by atoms with Gasteiger partial charge >= 0.3 is 11.9 Å². The van der Waals surface area contributed by atoms with E-state index in [9.17, 15) is 45.3 Å². The van der Waals surface area contributed by atoms with Gasteiger partial charge in [-0.05, 0) is 57.8 Å². The Labute approximate surface area is 394 Å². The van der Waals surface area contributed by atoms with Crippen LogP contribution in [-0.4, -0.2) is 142 Å². The molecule has 15 nitrogen and oxygen atoms in total. The van der Waals surface area contributed by atoms with Crippen molar-refractivity contribution in [1.29, 1.82) is 0 Å². The van der Waals surface area contributed by atoms with Crippen LogP contribution >= 0.6 is 0 Å². The van der Waals surface area contributed by atoms with Gasteiger partial charge in [0.25, 0.3) is 0 Å². The number of ether oxygens (including phenoxy) is 6. The molecular weight excluding hydrogens is 853 g/mol. The summed E-state index contributed by atoms with van der Waals surface area (Å²) in [5.74, 6) is -0.982. The Morgan fingerprint density at radius 1 is 0.500 bits per heavy atom. The molecule has 2 heterocycles. The first-order chi connectivity index (χ1) is 32.0. The van der Waals surface area contributed by atoms with Crippen LogP contribution in [0.3, 0.4) is 0 Å². The summed E-state index contributed by atoms with van der Waals surface area (Å²) >= 11 is 0. The normalized spacial score (nSPS) is 26.7. The average molecular weight is 939 g/mol. The number of hydrogen-bond acceptors (Lipinski definition) is 15. The molecule has 2 aliphatic heterocycles. The third-order valence-electron chi connectivity index (χ3n) is 11.6. The molecule has 66 heavy (non-hydrogen) atoms. The maximum absolute atomic E-state index is 13.0. The van der Waals surface area contributed by atoms with E-state index in [2.05, 4.69) is 38.2 Å².